The van der Waals surface area contributed by atoms with Crippen LogP contribution in [-0.4, -0.2) is 19.7 Å². The molecule has 3 rings (SSSR count). The van der Waals surface area contributed by atoms with Crippen LogP contribution in [0.2, 0.25) is 5.15 Å². The van der Waals surface area contributed by atoms with E-state index in [2.05, 4.69) is 26.5 Å². The monoisotopic (exact) mass is 319 g/mol. The Morgan fingerprint density at radius 1 is 1.38 bits per heavy atom. The Labute approximate surface area is 131 Å². The molecule has 0 aromatic carbocycles. The molecule has 0 radical (unpaired) electrons. The summed E-state index contributed by atoms with van der Waals surface area (Å²) in [7, 11) is 0. The molecule has 0 saturated heterocycles. The van der Waals surface area contributed by atoms with Gasteiger partial charge < -0.3 is 5.73 Å². The van der Waals surface area contributed by atoms with Crippen molar-refractivity contribution < 1.29 is 0 Å². The second-order valence-electron chi connectivity index (χ2n) is 4.55. The number of nitrogens with two attached hydrogens (primary N) is 1. The first-order valence-electron chi connectivity index (χ1n) is 6.55. The van der Waals surface area contributed by atoms with Crippen molar-refractivity contribution in [1.82, 2.24) is 19.7 Å². The maximum absolute atomic E-state index is 5.97. The molecule has 0 aliphatic heterocycles. The molecule has 7 heteroatoms. The molecule has 0 bridgehead atoms. The van der Waals surface area contributed by atoms with Crippen LogP contribution in [0.1, 0.15) is 17.4 Å². The van der Waals surface area contributed by atoms with Crippen molar-refractivity contribution in [3.63, 3.8) is 0 Å². The highest BCUT2D eigenvalue weighted by atomic mass is 35.5. The maximum Gasteiger partial charge on any atom is 0.222 e. The van der Waals surface area contributed by atoms with Crippen LogP contribution in [0.25, 0.3) is 11.4 Å². The lowest BCUT2D eigenvalue weighted by Crippen LogP contribution is -1.99. The van der Waals surface area contributed by atoms with E-state index in [1.807, 2.05) is 23.9 Å². The normalized spacial score (nSPS) is 11.0. The zero-order chi connectivity index (χ0) is 14.8. The van der Waals surface area contributed by atoms with Crippen molar-refractivity contribution in [1.29, 1.82) is 0 Å². The number of hydrogen-bond acceptors (Lipinski definition) is 5. The highest BCUT2D eigenvalue weighted by Gasteiger charge is 2.14. The van der Waals surface area contributed by atoms with Gasteiger partial charge in [0.2, 0.25) is 5.95 Å². The molecule has 21 heavy (non-hydrogen) atoms. The number of halogens is 1. The molecular weight excluding hydrogens is 306 g/mol. The van der Waals surface area contributed by atoms with Gasteiger partial charge in [-0.1, -0.05) is 17.7 Å². The summed E-state index contributed by atoms with van der Waals surface area (Å²) in [6, 6.07) is 5.85. The molecule has 0 fully saturated rings. The molecule has 3 aromatic rings. The number of aryl methyl sites for hydroxylation is 1. The summed E-state index contributed by atoms with van der Waals surface area (Å²) in [5.74, 6) is 0.158. The molecule has 0 atom stereocenters. The van der Waals surface area contributed by atoms with E-state index < -0.39 is 0 Å². The van der Waals surface area contributed by atoms with E-state index in [0.717, 1.165) is 24.2 Å². The lowest BCUT2D eigenvalue weighted by atomic mass is 10.1. The first-order chi connectivity index (χ1) is 10.2. The van der Waals surface area contributed by atoms with Crippen LogP contribution >= 0.6 is 22.9 Å². The molecule has 5 nitrogen and oxygen atoms in total. The number of nitrogen functional groups attached to an aromatic ring is 1. The fourth-order valence-electron chi connectivity index (χ4n) is 2.13. The summed E-state index contributed by atoms with van der Waals surface area (Å²) in [4.78, 5) is 9.42. The zero-order valence-corrected chi connectivity index (χ0v) is 13.0. The molecule has 2 N–H and O–H groups in total. The number of thiophene rings is 1. The lowest BCUT2D eigenvalue weighted by Gasteiger charge is -2.02. The van der Waals surface area contributed by atoms with E-state index in [0.29, 0.717) is 10.8 Å². The van der Waals surface area contributed by atoms with Gasteiger partial charge in [-0.15, -0.1) is 11.3 Å². The van der Waals surface area contributed by atoms with Gasteiger partial charge in [0.1, 0.15) is 10.8 Å². The van der Waals surface area contributed by atoms with Crippen LogP contribution in [-0.2, 0) is 13.0 Å². The van der Waals surface area contributed by atoms with Gasteiger partial charge in [0.15, 0.2) is 0 Å². The van der Waals surface area contributed by atoms with Gasteiger partial charge in [-0.3, -0.25) is 4.68 Å². The van der Waals surface area contributed by atoms with Crippen molar-refractivity contribution in [2.45, 2.75) is 19.9 Å². The third-order valence-electron chi connectivity index (χ3n) is 3.06. The molecule has 0 saturated carbocycles. The predicted molar refractivity (Wildman–Crippen MR) is 85.5 cm³/mol. The quantitative estimate of drug-likeness (QED) is 0.749. The molecular formula is C14H14ClN5S. The molecule has 0 aliphatic rings. The van der Waals surface area contributed by atoms with E-state index >= 15 is 0 Å². The van der Waals surface area contributed by atoms with Gasteiger partial charge >= 0.3 is 0 Å². The number of rotatable bonds is 4. The Hall–Kier alpha value is -1.92. The van der Waals surface area contributed by atoms with Crippen LogP contribution in [0, 0.1) is 0 Å². The van der Waals surface area contributed by atoms with Gasteiger partial charge in [-0.2, -0.15) is 5.10 Å². The average Bonchev–Trinajstić information content (AvgIpc) is 3.07. The Bertz CT molecular complexity index is 731. The Kier molecular flexibility index (Phi) is 3.90. The minimum atomic E-state index is 0.158. The zero-order valence-electron chi connectivity index (χ0n) is 11.5. The molecule has 3 aromatic heterocycles. The van der Waals surface area contributed by atoms with Crippen LogP contribution in [0.4, 0.5) is 5.95 Å². The minimum Gasteiger partial charge on any atom is -0.368 e. The van der Waals surface area contributed by atoms with Crippen molar-refractivity contribution in [3.05, 3.63) is 45.4 Å². The van der Waals surface area contributed by atoms with Crippen molar-refractivity contribution in [3.8, 4) is 11.4 Å². The number of nitrogens with zero attached hydrogens (tertiary/aromatic N) is 4. The van der Waals surface area contributed by atoms with E-state index in [1.165, 1.54) is 4.88 Å². The van der Waals surface area contributed by atoms with Crippen LogP contribution in [0.3, 0.4) is 0 Å². The summed E-state index contributed by atoms with van der Waals surface area (Å²) in [6.07, 6.45) is 2.86. The van der Waals surface area contributed by atoms with Crippen molar-refractivity contribution in [2.75, 3.05) is 5.73 Å². The minimum absolute atomic E-state index is 0.158. The third-order valence-corrected chi connectivity index (χ3v) is 4.13. The van der Waals surface area contributed by atoms with Gasteiger partial charge in [-0.25, -0.2) is 9.97 Å². The van der Waals surface area contributed by atoms with Gasteiger partial charge in [0, 0.05) is 35.7 Å². The first kappa shape index (κ1) is 14.0. The molecule has 108 valence electrons. The van der Waals surface area contributed by atoms with Crippen LogP contribution in [0.5, 0.6) is 0 Å². The Balaban J connectivity index is 2.05. The highest BCUT2D eigenvalue weighted by Crippen LogP contribution is 2.26. The largest absolute Gasteiger partial charge is 0.368 e. The summed E-state index contributed by atoms with van der Waals surface area (Å²) >= 11 is 7.70. The van der Waals surface area contributed by atoms with E-state index in [1.54, 1.807) is 17.4 Å². The standard InChI is InChI=1S/C14H14ClN5S/c1-2-20-8-9(6-10-4-3-5-21-10)13(19-20)11-7-12(15)18-14(16)17-11/h3-5,7-8H,2,6H2,1H3,(H2,16,17,18). The lowest BCUT2D eigenvalue weighted by molar-refractivity contribution is 0.661. The second kappa shape index (κ2) is 5.83. The summed E-state index contributed by atoms with van der Waals surface area (Å²) in [6.45, 7) is 2.85. The van der Waals surface area contributed by atoms with E-state index in [-0.39, 0.29) is 5.95 Å². The highest BCUT2D eigenvalue weighted by molar-refractivity contribution is 7.09. The number of anilines is 1. The average molecular weight is 320 g/mol. The molecule has 0 spiro atoms. The Morgan fingerprint density at radius 3 is 2.90 bits per heavy atom. The predicted octanol–water partition coefficient (Wildman–Crippen LogP) is 3.25. The van der Waals surface area contributed by atoms with E-state index in [9.17, 15) is 0 Å². The number of hydrogen-bond donors (Lipinski definition) is 1. The molecule has 0 amide bonds. The molecule has 0 unspecified atom stereocenters. The van der Waals surface area contributed by atoms with Crippen molar-refractivity contribution in [2.24, 2.45) is 0 Å². The first-order valence-corrected chi connectivity index (χ1v) is 7.80. The topological polar surface area (TPSA) is 69.6 Å². The van der Waals surface area contributed by atoms with E-state index in [4.69, 9.17) is 17.3 Å². The van der Waals surface area contributed by atoms with Gasteiger partial charge in [0.25, 0.3) is 0 Å². The molecule has 3 heterocycles. The Morgan fingerprint density at radius 2 is 2.24 bits per heavy atom. The maximum atomic E-state index is 5.97. The smallest absolute Gasteiger partial charge is 0.222 e. The van der Waals surface area contributed by atoms with Gasteiger partial charge in [0.05, 0.1) is 5.69 Å². The summed E-state index contributed by atoms with van der Waals surface area (Å²) < 4.78 is 1.89. The van der Waals surface area contributed by atoms with Crippen LogP contribution < -0.4 is 5.73 Å². The second-order valence-corrected chi connectivity index (χ2v) is 5.97. The SMILES string of the molecule is CCn1cc(Cc2cccs2)c(-c2cc(Cl)nc(N)n2)n1. The fourth-order valence-corrected chi connectivity index (χ4v) is 3.04. The summed E-state index contributed by atoms with van der Waals surface area (Å²) in [5, 5.41) is 6.97. The third kappa shape index (κ3) is 3.06. The fraction of sp³-hybridized carbons (Fsp3) is 0.214. The summed E-state index contributed by atoms with van der Waals surface area (Å²) in [5.41, 5.74) is 8.25. The van der Waals surface area contributed by atoms with Gasteiger partial charge in [-0.05, 0) is 18.4 Å². The van der Waals surface area contributed by atoms with Crippen LogP contribution in [0.15, 0.2) is 29.8 Å². The molecule has 0 aliphatic carbocycles. The number of aromatic nitrogens is 4. The van der Waals surface area contributed by atoms with Crippen molar-refractivity contribution >= 4 is 28.9 Å².